The van der Waals surface area contributed by atoms with Gasteiger partial charge in [0, 0.05) is 6.04 Å². The lowest BCUT2D eigenvalue weighted by Gasteiger charge is -2.35. The fraction of sp³-hybridized carbons (Fsp3) is 0.643. The molecule has 0 saturated carbocycles. The minimum Gasteiger partial charge on any atom is -0.457 e. The van der Waals surface area contributed by atoms with Crippen molar-refractivity contribution in [1.82, 2.24) is 4.90 Å². The molecule has 0 bridgehead atoms. The molecule has 17 heavy (non-hydrogen) atoms. The second kappa shape index (κ2) is 6.01. The summed E-state index contributed by atoms with van der Waals surface area (Å²) in [6.07, 6.45) is 7.19. The molecule has 94 valence electrons. The maximum absolute atomic E-state index is 10.6. The summed E-state index contributed by atoms with van der Waals surface area (Å²) in [5.74, 6) is 1.35. The largest absolute Gasteiger partial charge is 0.457 e. The van der Waals surface area contributed by atoms with Crippen molar-refractivity contribution in [2.75, 3.05) is 6.54 Å². The Hall–Kier alpha value is -1.09. The molecule has 1 unspecified atom stereocenters. The van der Waals surface area contributed by atoms with Crippen LogP contribution in [0, 0.1) is 0 Å². The number of furan rings is 1. The molecule has 0 aromatic carbocycles. The van der Waals surface area contributed by atoms with Crippen LogP contribution in [-0.4, -0.2) is 23.8 Å². The summed E-state index contributed by atoms with van der Waals surface area (Å²) in [5.41, 5.74) is 0. The fourth-order valence-corrected chi connectivity index (χ4v) is 2.67. The molecule has 2 rings (SSSR count). The van der Waals surface area contributed by atoms with Gasteiger partial charge < -0.3 is 4.42 Å². The number of likely N-dealkylation sites (tertiary alicyclic amines) is 1. The Bertz CT molecular complexity index is 357. The van der Waals surface area contributed by atoms with E-state index in [0.29, 0.717) is 11.8 Å². The maximum atomic E-state index is 10.6. The zero-order valence-electron chi connectivity index (χ0n) is 10.5. The lowest BCUT2D eigenvalue weighted by molar-refractivity contribution is 0.108. The topological polar surface area (TPSA) is 33.5 Å². The Kier molecular flexibility index (Phi) is 4.37. The van der Waals surface area contributed by atoms with E-state index < -0.39 is 0 Å². The van der Waals surface area contributed by atoms with Gasteiger partial charge in [0.25, 0.3) is 0 Å². The van der Waals surface area contributed by atoms with E-state index in [4.69, 9.17) is 4.42 Å². The predicted molar refractivity (Wildman–Crippen MR) is 67.1 cm³/mol. The van der Waals surface area contributed by atoms with Crippen LogP contribution in [0.15, 0.2) is 16.5 Å². The van der Waals surface area contributed by atoms with Crippen LogP contribution in [0.25, 0.3) is 0 Å². The minimum atomic E-state index is 0.434. The molecule has 2 heterocycles. The van der Waals surface area contributed by atoms with Crippen LogP contribution < -0.4 is 0 Å². The van der Waals surface area contributed by atoms with Crippen molar-refractivity contribution in [3.63, 3.8) is 0 Å². The van der Waals surface area contributed by atoms with E-state index in [1.807, 2.05) is 6.07 Å². The first kappa shape index (κ1) is 12.4. The van der Waals surface area contributed by atoms with Crippen molar-refractivity contribution in [3.05, 3.63) is 23.7 Å². The number of piperidine rings is 1. The molecule has 3 heteroatoms. The number of hydrogen-bond donors (Lipinski definition) is 0. The lowest BCUT2D eigenvalue weighted by Crippen LogP contribution is -2.38. The summed E-state index contributed by atoms with van der Waals surface area (Å²) in [4.78, 5) is 13.1. The van der Waals surface area contributed by atoms with Crippen LogP contribution >= 0.6 is 0 Å². The average molecular weight is 235 g/mol. The number of aldehydes is 1. The van der Waals surface area contributed by atoms with Crippen molar-refractivity contribution < 1.29 is 9.21 Å². The molecule has 0 radical (unpaired) electrons. The van der Waals surface area contributed by atoms with Crippen LogP contribution in [-0.2, 0) is 6.54 Å². The summed E-state index contributed by atoms with van der Waals surface area (Å²) in [6.45, 7) is 4.24. The van der Waals surface area contributed by atoms with Gasteiger partial charge in [-0.2, -0.15) is 0 Å². The molecular weight excluding hydrogens is 214 g/mol. The number of carbonyl (C=O) groups is 1. The highest BCUT2D eigenvalue weighted by atomic mass is 16.3. The summed E-state index contributed by atoms with van der Waals surface area (Å²) >= 11 is 0. The minimum absolute atomic E-state index is 0.434. The second-order valence-electron chi connectivity index (χ2n) is 4.83. The molecule has 0 amide bonds. The highest BCUT2D eigenvalue weighted by molar-refractivity contribution is 5.70. The van der Waals surface area contributed by atoms with Crippen LogP contribution in [0.3, 0.4) is 0 Å². The van der Waals surface area contributed by atoms with Crippen LogP contribution in [0.5, 0.6) is 0 Å². The van der Waals surface area contributed by atoms with E-state index in [1.165, 1.54) is 32.1 Å². The van der Waals surface area contributed by atoms with Gasteiger partial charge in [0.05, 0.1) is 6.54 Å². The summed E-state index contributed by atoms with van der Waals surface area (Å²) in [6, 6.07) is 4.36. The van der Waals surface area contributed by atoms with Gasteiger partial charge in [-0.3, -0.25) is 9.69 Å². The van der Waals surface area contributed by atoms with Gasteiger partial charge in [0.1, 0.15) is 5.76 Å². The molecule has 0 spiro atoms. The van der Waals surface area contributed by atoms with Crippen LogP contribution in [0.2, 0.25) is 0 Å². The zero-order chi connectivity index (χ0) is 12.1. The molecular formula is C14H21NO2. The quantitative estimate of drug-likeness (QED) is 0.734. The molecule has 1 saturated heterocycles. The van der Waals surface area contributed by atoms with Crippen molar-refractivity contribution in [2.24, 2.45) is 0 Å². The lowest BCUT2D eigenvalue weighted by atomic mass is 9.98. The smallest absolute Gasteiger partial charge is 0.185 e. The van der Waals surface area contributed by atoms with Crippen LogP contribution in [0.1, 0.15) is 55.3 Å². The second-order valence-corrected chi connectivity index (χ2v) is 4.83. The molecule has 0 aliphatic carbocycles. The molecule has 1 atom stereocenters. The molecule has 1 aromatic rings. The first-order chi connectivity index (χ1) is 8.33. The molecule has 3 nitrogen and oxygen atoms in total. The third-order valence-electron chi connectivity index (χ3n) is 3.53. The molecule has 0 N–H and O–H groups in total. The Morgan fingerprint density at radius 1 is 1.47 bits per heavy atom. The van der Waals surface area contributed by atoms with Gasteiger partial charge in [-0.15, -0.1) is 0 Å². The SMILES string of the molecule is CCCC1CCCCN1Cc1ccc(C=O)o1. The molecule has 1 aliphatic rings. The molecule has 1 aromatic heterocycles. The van der Waals surface area contributed by atoms with E-state index in [9.17, 15) is 4.79 Å². The highest BCUT2D eigenvalue weighted by Crippen LogP contribution is 2.23. The normalized spacial score (nSPS) is 21.6. The number of rotatable bonds is 5. The van der Waals surface area contributed by atoms with Crippen LogP contribution in [0.4, 0.5) is 0 Å². The van der Waals surface area contributed by atoms with Gasteiger partial charge in [0.2, 0.25) is 0 Å². The monoisotopic (exact) mass is 235 g/mol. The standard InChI is InChI=1S/C14H21NO2/c1-2-5-12-6-3-4-9-15(12)10-13-7-8-14(11-16)17-13/h7-8,11-12H,2-6,9-10H2,1H3. The summed E-state index contributed by atoms with van der Waals surface area (Å²) in [5, 5.41) is 0. The zero-order valence-corrected chi connectivity index (χ0v) is 10.5. The van der Waals surface area contributed by atoms with Crippen molar-refractivity contribution in [1.29, 1.82) is 0 Å². The molecule has 1 aliphatic heterocycles. The first-order valence-electron chi connectivity index (χ1n) is 6.61. The van der Waals surface area contributed by atoms with Gasteiger partial charge >= 0.3 is 0 Å². The Balaban J connectivity index is 1.97. The number of nitrogens with zero attached hydrogens (tertiary/aromatic N) is 1. The van der Waals surface area contributed by atoms with E-state index in [0.717, 1.165) is 25.1 Å². The summed E-state index contributed by atoms with van der Waals surface area (Å²) < 4.78 is 5.45. The van der Waals surface area contributed by atoms with Gasteiger partial charge in [-0.25, -0.2) is 0 Å². The van der Waals surface area contributed by atoms with Crippen molar-refractivity contribution in [2.45, 2.75) is 51.6 Å². The van der Waals surface area contributed by atoms with E-state index in [2.05, 4.69) is 11.8 Å². The first-order valence-corrected chi connectivity index (χ1v) is 6.61. The van der Waals surface area contributed by atoms with Crippen molar-refractivity contribution in [3.8, 4) is 0 Å². The summed E-state index contributed by atoms with van der Waals surface area (Å²) in [7, 11) is 0. The average Bonchev–Trinajstić information content (AvgIpc) is 2.80. The van der Waals surface area contributed by atoms with Crippen molar-refractivity contribution >= 4 is 6.29 Å². The third kappa shape index (κ3) is 3.19. The van der Waals surface area contributed by atoms with E-state index >= 15 is 0 Å². The van der Waals surface area contributed by atoms with E-state index in [1.54, 1.807) is 6.07 Å². The predicted octanol–water partition coefficient (Wildman–Crippen LogP) is 3.25. The van der Waals surface area contributed by atoms with E-state index in [-0.39, 0.29) is 0 Å². The van der Waals surface area contributed by atoms with Gasteiger partial charge in [-0.05, 0) is 37.9 Å². The fourth-order valence-electron chi connectivity index (χ4n) is 2.67. The third-order valence-corrected chi connectivity index (χ3v) is 3.53. The molecule has 1 fully saturated rings. The van der Waals surface area contributed by atoms with Gasteiger partial charge in [0.15, 0.2) is 12.0 Å². The number of hydrogen-bond acceptors (Lipinski definition) is 3. The van der Waals surface area contributed by atoms with Gasteiger partial charge in [-0.1, -0.05) is 19.8 Å². The highest BCUT2D eigenvalue weighted by Gasteiger charge is 2.22. The maximum Gasteiger partial charge on any atom is 0.185 e. The Labute approximate surface area is 103 Å². The Morgan fingerprint density at radius 3 is 3.06 bits per heavy atom. The number of carbonyl (C=O) groups excluding carboxylic acids is 1. The Morgan fingerprint density at radius 2 is 2.35 bits per heavy atom.